The van der Waals surface area contributed by atoms with E-state index in [0.29, 0.717) is 0 Å². The Morgan fingerprint density at radius 2 is 2.06 bits per heavy atom. The number of rotatable bonds is 5. The van der Waals surface area contributed by atoms with Crippen molar-refractivity contribution in [1.82, 2.24) is 5.32 Å². The number of nitrogens with two attached hydrogens (primary N) is 1. The molecule has 1 aliphatic carbocycles. The van der Waals surface area contributed by atoms with Crippen LogP contribution in [0.3, 0.4) is 0 Å². The van der Waals surface area contributed by atoms with Gasteiger partial charge in [0.15, 0.2) is 6.04 Å². The van der Waals surface area contributed by atoms with Crippen LogP contribution >= 0.6 is 0 Å². The summed E-state index contributed by atoms with van der Waals surface area (Å²) in [7, 11) is 0. The van der Waals surface area contributed by atoms with Crippen LogP contribution in [0.1, 0.15) is 32.6 Å². The average Bonchev–Trinajstić information content (AvgIpc) is 2.10. The van der Waals surface area contributed by atoms with Crippen molar-refractivity contribution in [2.24, 2.45) is 5.73 Å². The molecule has 1 saturated carbocycles. The van der Waals surface area contributed by atoms with E-state index < -0.39 is 29.6 Å². The zero-order valence-electron chi connectivity index (χ0n) is 9.27. The molecule has 1 aliphatic rings. The SMILES string of the molecule is CC(O)C(NC(=O)CC1(N)CCC1)C(=O)O. The normalized spacial score (nSPS) is 21.7. The third-order valence-corrected chi connectivity index (χ3v) is 2.93. The first kappa shape index (κ1) is 12.9. The van der Waals surface area contributed by atoms with E-state index in [-0.39, 0.29) is 6.42 Å². The molecule has 0 aromatic heterocycles. The predicted molar refractivity (Wildman–Crippen MR) is 56.6 cm³/mol. The van der Waals surface area contributed by atoms with Gasteiger partial charge in [-0.05, 0) is 26.2 Å². The van der Waals surface area contributed by atoms with Gasteiger partial charge in [0, 0.05) is 12.0 Å². The summed E-state index contributed by atoms with van der Waals surface area (Å²) in [6.45, 7) is 1.32. The summed E-state index contributed by atoms with van der Waals surface area (Å²) in [4.78, 5) is 22.2. The van der Waals surface area contributed by atoms with Crippen molar-refractivity contribution in [3.63, 3.8) is 0 Å². The van der Waals surface area contributed by atoms with Crippen molar-refractivity contribution in [2.75, 3.05) is 0 Å². The fourth-order valence-electron chi connectivity index (χ4n) is 1.74. The number of aliphatic hydroxyl groups excluding tert-OH is 1. The van der Waals surface area contributed by atoms with E-state index in [0.717, 1.165) is 19.3 Å². The van der Waals surface area contributed by atoms with Gasteiger partial charge in [0.25, 0.3) is 0 Å². The number of aliphatic carboxylic acids is 1. The van der Waals surface area contributed by atoms with Gasteiger partial charge in [-0.25, -0.2) is 4.79 Å². The van der Waals surface area contributed by atoms with E-state index in [4.69, 9.17) is 10.8 Å². The van der Waals surface area contributed by atoms with Crippen LogP contribution in [-0.4, -0.2) is 39.8 Å². The van der Waals surface area contributed by atoms with Gasteiger partial charge in [-0.2, -0.15) is 0 Å². The summed E-state index contributed by atoms with van der Waals surface area (Å²) in [5.41, 5.74) is 5.38. The number of carbonyl (C=O) groups excluding carboxylic acids is 1. The largest absolute Gasteiger partial charge is 0.480 e. The molecule has 1 amide bonds. The molecule has 0 aromatic carbocycles. The molecule has 2 unspecified atom stereocenters. The average molecular weight is 230 g/mol. The van der Waals surface area contributed by atoms with Crippen LogP contribution in [0.5, 0.6) is 0 Å². The lowest BCUT2D eigenvalue weighted by molar-refractivity contribution is -0.145. The lowest BCUT2D eigenvalue weighted by Gasteiger charge is -2.37. The third kappa shape index (κ3) is 3.18. The molecule has 0 bridgehead atoms. The van der Waals surface area contributed by atoms with Gasteiger partial charge < -0.3 is 21.3 Å². The highest BCUT2D eigenvalue weighted by Crippen LogP contribution is 2.31. The van der Waals surface area contributed by atoms with Crippen molar-refractivity contribution < 1.29 is 19.8 Å². The molecule has 0 aliphatic heterocycles. The monoisotopic (exact) mass is 230 g/mol. The zero-order valence-corrected chi connectivity index (χ0v) is 9.27. The number of aliphatic hydroxyl groups is 1. The maximum Gasteiger partial charge on any atom is 0.328 e. The number of hydrogen-bond acceptors (Lipinski definition) is 4. The molecule has 2 atom stereocenters. The molecule has 16 heavy (non-hydrogen) atoms. The first-order valence-electron chi connectivity index (χ1n) is 5.33. The summed E-state index contributed by atoms with van der Waals surface area (Å²) < 4.78 is 0. The highest BCUT2D eigenvalue weighted by molar-refractivity contribution is 5.84. The maximum absolute atomic E-state index is 11.5. The number of carbonyl (C=O) groups is 2. The summed E-state index contributed by atoms with van der Waals surface area (Å²) >= 11 is 0. The molecule has 6 nitrogen and oxygen atoms in total. The van der Waals surface area contributed by atoms with Crippen molar-refractivity contribution >= 4 is 11.9 Å². The standard InChI is InChI=1S/C10H18N2O4/c1-6(13)8(9(15)16)12-7(14)5-10(11)3-2-4-10/h6,8,13H,2-5,11H2,1H3,(H,12,14)(H,15,16). The van der Waals surface area contributed by atoms with Crippen LogP contribution < -0.4 is 11.1 Å². The number of hydrogen-bond donors (Lipinski definition) is 4. The fraction of sp³-hybridized carbons (Fsp3) is 0.800. The van der Waals surface area contributed by atoms with E-state index in [2.05, 4.69) is 5.32 Å². The molecular formula is C10H18N2O4. The Balaban J connectivity index is 2.45. The Morgan fingerprint density at radius 3 is 2.38 bits per heavy atom. The minimum Gasteiger partial charge on any atom is -0.480 e. The van der Waals surface area contributed by atoms with Crippen LogP contribution in [-0.2, 0) is 9.59 Å². The Bertz CT molecular complexity index is 287. The Hall–Kier alpha value is -1.14. The van der Waals surface area contributed by atoms with Gasteiger partial charge in [-0.1, -0.05) is 0 Å². The molecule has 0 radical (unpaired) electrons. The van der Waals surface area contributed by atoms with E-state index in [1.54, 1.807) is 0 Å². The van der Waals surface area contributed by atoms with E-state index in [1.807, 2.05) is 0 Å². The predicted octanol–water partition coefficient (Wildman–Crippen LogP) is -0.792. The first-order chi connectivity index (χ1) is 7.34. The second kappa shape index (κ2) is 4.80. The molecule has 6 heteroatoms. The minimum absolute atomic E-state index is 0.115. The lowest BCUT2D eigenvalue weighted by atomic mass is 9.75. The highest BCUT2D eigenvalue weighted by atomic mass is 16.4. The quantitative estimate of drug-likeness (QED) is 0.494. The van der Waals surface area contributed by atoms with E-state index in [9.17, 15) is 14.7 Å². The number of carboxylic acid groups (broad SMARTS) is 1. The zero-order chi connectivity index (χ0) is 12.3. The molecular weight excluding hydrogens is 212 g/mol. The second-order valence-electron chi connectivity index (χ2n) is 4.52. The molecule has 92 valence electrons. The molecule has 1 rings (SSSR count). The molecule has 0 spiro atoms. The smallest absolute Gasteiger partial charge is 0.328 e. The van der Waals surface area contributed by atoms with Gasteiger partial charge in [0.1, 0.15) is 0 Å². The van der Waals surface area contributed by atoms with Crippen LogP contribution in [0.25, 0.3) is 0 Å². The van der Waals surface area contributed by atoms with Gasteiger partial charge in [0.05, 0.1) is 6.10 Å². The van der Waals surface area contributed by atoms with Crippen LogP contribution in [0.2, 0.25) is 0 Å². The van der Waals surface area contributed by atoms with E-state index in [1.165, 1.54) is 6.92 Å². The molecule has 0 heterocycles. The second-order valence-corrected chi connectivity index (χ2v) is 4.52. The number of nitrogens with one attached hydrogen (secondary N) is 1. The number of carboxylic acids is 1. The minimum atomic E-state index is -1.27. The van der Waals surface area contributed by atoms with Crippen LogP contribution in [0.4, 0.5) is 0 Å². The highest BCUT2D eigenvalue weighted by Gasteiger charge is 2.36. The molecule has 0 aromatic rings. The topological polar surface area (TPSA) is 113 Å². The van der Waals surface area contributed by atoms with E-state index >= 15 is 0 Å². The molecule has 0 saturated heterocycles. The van der Waals surface area contributed by atoms with Gasteiger partial charge >= 0.3 is 5.97 Å². The summed E-state index contributed by atoms with van der Waals surface area (Å²) in [5, 5.41) is 20.2. The third-order valence-electron chi connectivity index (χ3n) is 2.93. The Labute approximate surface area is 93.8 Å². The van der Waals surface area contributed by atoms with Crippen molar-refractivity contribution in [1.29, 1.82) is 0 Å². The summed E-state index contributed by atoms with van der Waals surface area (Å²) in [5.74, 6) is -1.67. The summed E-state index contributed by atoms with van der Waals surface area (Å²) in [6.07, 6.45) is 1.56. The van der Waals surface area contributed by atoms with Gasteiger partial charge in [0.2, 0.25) is 5.91 Å². The molecule has 5 N–H and O–H groups in total. The first-order valence-corrected chi connectivity index (χ1v) is 5.33. The Kier molecular flexibility index (Phi) is 3.88. The van der Waals surface area contributed by atoms with Gasteiger partial charge in [-0.3, -0.25) is 4.79 Å². The van der Waals surface area contributed by atoms with Crippen LogP contribution in [0.15, 0.2) is 0 Å². The molecule has 1 fully saturated rings. The lowest BCUT2D eigenvalue weighted by Crippen LogP contribution is -2.53. The summed E-state index contributed by atoms with van der Waals surface area (Å²) in [6, 6.07) is -1.27. The van der Waals surface area contributed by atoms with Crippen molar-refractivity contribution in [2.45, 2.75) is 50.3 Å². The van der Waals surface area contributed by atoms with Crippen molar-refractivity contribution in [3.05, 3.63) is 0 Å². The maximum atomic E-state index is 11.5. The Morgan fingerprint density at radius 1 is 1.50 bits per heavy atom. The van der Waals surface area contributed by atoms with Crippen LogP contribution in [0, 0.1) is 0 Å². The van der Waals surface area contributed by atoms with Crippen molar-refractivity contribution in [3.8, 4) is 0 Å². The van der Waals surface area contributed by atoms with Gasteiger partial charge in [-0.15, -0.1) is 0 Å². The number of amides is 1. The fourth-order valence-corrected chi connectivity index (χ4v) is 1.74.